The van der Waals surface area contributed by atoms with E-state index in [1.54, 1.807) is 13.8 Å². The fourth-order valence-electron chi connectivity index (χ4n) is 6.42. The normalized spacial score (nSPS) is 29.3. The first-order valence-electron chi connectivity index (χ1n) is 14.9. The Morgan fingerprint density at radius 1 is 1.10 bits per heavy atom. The second-order valence-corrected chi connectivity index (χ2v) is 13.2. The zero-order valence-electron chi connectivity index (χ0n) is 26.5. The minimum Gasteiger partial charge on any atom is -0.481 e. The van der Waals surface area contributed by atoms with E-state index < -0.39 is 48.2 Å². The van der Waals surface area contributed by atoms with Crippen LogP contribution in [0, 0.1) is 23.7 Å². The van der Waals surface area contributed by atoms with E-state index in [0.717, 1.165) is 19.4 Å². The van der Waals surface area contributed by atoms with Gasteiger partial charge in [0.15, 0.2) is 6.29 Å². The molecule has 1 heterocycles. The van der Waals surface area contributed by atoms with Crippen LogP contribution in [0.15, 0.2) is 0 Å². The summed E-state index contributed by atoms with van der Waals surface area (Å²) in [4.78, 5) is 16.1. The number of hydrogen-bond donors (Lipinski definition) is 4. The molecule has 0 saturated carbocycles. The minimum atomic E-state index is -1.03. The highest BCUT2D eigenvalue weighted by atomic mass is 16.7. The van der Waals surface area contributed by atoms with Crippen molar-refractivity contribution in [2.24, 2.45) is 23.7 Å². The third kappa shape index (κ3) is 11.2. The number of likely N-dealkylation sites (N-methyl/N-ethyl adjacent to an activating group) is 2. The molecule has 0 radical (unpaired) electrons. The van der Waals surface area contributed by atoms with Crippen LogP contribution in [0.1, 0.15) is 87.5 Å². The lowest BCUT2D eigenvalue weighted by Crippen LogP contribution is -2.54. The van der Waals surface area contributed by atoms with E-state index in [1.165, 1.54) is 0 Å². The van der Waals surface area contributed by atoms with Gasteiger partial charge >= 0.3 is 5.97 Å². The Kier molecular flexibility index (Phi) is 14.8. The Labute approximate surface area is 237 Å². The lowest BCUT2D eigenvalue weighted by molar-refractivity contribution is -0.262. The molecule has 0 spiro atoms. The van der Waals surface area contributed by atoms with E-state index in [0.29, 0.717) is 19.3 Å². The maximum absolute atomic E-state index is 12.0. The molecule has 0 aromatic heterocycles. The molecule has 0 aliphatic carbocycles. The highest BCUT2D eigenvalue weighted by molar-refractivity contribution is 5.70. The molecule has 1 fully saturated rings. The van der Waals surface area contributed by atoms with Gasteiger partial charge in [0.2, 0.25) is 0 Å². The zero-order valence-corrected chi connectivity index (χ0v) is 26.5. The minimum absolute atomic E-state index is 0.00876. The highest BCUT2D eigenvalue weighted by Gasteiger charge is 2.41. The van der Waals surface area contributed by atoms with Crippen molar-refractivity contribution in [3.8, 4) is 0 Å². The monoisotopic (exact) mass is 560 g/mol. The molecule has 12 atom stereocenters. The Morgan fingerprint density at radius 3 is 2.21 bits per heavy atom. The van der Waals surface area contributed by atoms with Crippen molar-refractivity contribution in [2.75, 3.05) is 27.7 Å². The van der Waals surface area contributed by atoms with Gasteiger partial charge < -0.3 is 39.7 Å². The van der Waals surface area contributed by atoms with Crippen LogP contribution in [-0.2, 0) is 14.3 Å². The summed E-state index contributed by atoms with van der Waals surface area (Å²) in [7, 11) is 5.81. The third-order valence-electron chi connectivity index (χ3n) is 8.76. The number of aliphatic carboxylic acids is 1. The van der Waals surface area contributed by atoms with Gasteiger partial charge in [-0.05, 0) is 85.9 Å². The number of hydrogen-bond acceptors (Lipinski definition) is 8. The smallest absolute Gasteiger partial charge is 0.308 e. The van der Waals surface area contributed by atoms with E-state index in [1.807, 2.05) is 46.8 Å². The molecule has 0 amide bonds. The molecule has 6 unspecified atom stereocenters. The average molecular weight is 561 g/mol. The Bertz CT molecular complexity index is 721. The number of carboxylic acids is 1. The summed E-state index contributed by atoms with van der Waals surface area (Å²) in [6.07, 6.45) is 0.535. The van der Waals surface area contributed by atoms with Crippen molar-refractivity contribution in [3.05, 3.63) is 0 Å². The second-order valence-electron chi connectivity index (χ2n) is 13.2. The van der Waals surface area contributed by atoms with Crippen molar-refractivity contribution in [1.82, 2.24) is 9.80 Å². The molecule has 9 nitrogen and oxygen atoms in total. The number of carbonyl (C=O) groups is 1. The maximum atomic E-state index is 12.0. The topological polar surface area (TPSA) is 123 Å². The lowest BCUT2D eigenvalue weighted by Gasteiger charge is -2.43. The summed E-state index contributed by atoms with van der Waals surface area (Å²) in [5.41, 5.74) is -1.03. The van der Waals surface area contributed by atoms with E-state index in [-0.39, 0.29) is 29.8 Å². The highest BCUT2D eigenvalue weighted by Crippen LogP contribution is 2.33. The molecule has 4 N–H and O–H groups in total. The predicted molar refractivity (Wildman–Crippen MR) is 154 cm³/mol. The van der Waals surface area contributed by atoms with Gasteiger partial charge in [0.05, 0.1) is 35.9 Å². The molecule has 39 heavy (non-hydrogen) atoms. The largest absolute Gasteiger partial charge is 0.481 e. The van der Waals surface area contributed by atoms with Crippen LogP contribution < -0.4 is 0 Å². The van der Waals surface area contributed by atoms with E-state index in [2.05, 4.69) is 25.7 Å². The van der Waals surface area contributed by atoms with Gasteiger partial charge in [-0.25, -0.2) is 0 Å². The van der Waals surface area contributed by atoms with Gasteiger partial charge in [0, 0.05) is 25.0 Å². The number of nitrogens with zero attached hydrogens (tertiary/aromatic N) is 2. The molecular formula is C30H60N2O7. The quantitative estimate of drug-likeness (QED) is 0.212. The van der Waals surface area contributed by atoms with Crippen LogP contribution >= 0.6 is 0 Å². The van der Waals surface area contributed by atoms with E-state index in [9.17, 15) is 25.2 Å². The summed E-state index contributed by atoms with van der Waals surface area (Å²) in [5.74, 6) is -1.62. The first-order valence-corrected chi connectivity index (χ1v) is 14.9. The molecule has 0 aromatic rings. The van der Waals surface area contributed by atoms with Crippen LogP contribution in [0.5, 0.6) is 0 Å². The molecule has 0 bridgehead atoms. The SMILES string of the molecule is CCC[C@H](C)[C@H](O)[C@@H](C)N(C)C[C@H](C)CC(C)(O)C[C@@H](C)C(OC1CC(N(C)C)C(O)C(C)O1)[C@@H](C)C(=O)O. The summed E-state index contributed by atoms with van der Waals surface area (Å²) in [5, 5.41) is 42.5. The van der Waals surface area contributed by atoms with Crippen molar-refractivity contribution >= 4 is 5.97 Å². The van der Waals surface area contributed by atoms with Crippen molar-refractivity contribution in [1.29, 1.82) is 0 Å². The average Bonchev–Trinajstić information content (AvgIpc) is 2.81. The zero-order chi connectivity index (χ0) is 30.2. The van der Waals surface area contributed by atoms with Crippen molar-refractivity contribution in [2.45, 2.75) is 136 Å². The molecule has 1 aliphatic rings. The lowest BCUT2D eigenvalue weighted by atomic mass is 9.80. The van der Waals surface area contributed by atoms with Gasteiger partial charge in [-0.15, -0.1) is 0 Å². The predicted octanol–water partition coefficient (Wildman–Crippen LogP) is 3.44. The second kappa shape index (κ2) is 16.0. The van der Waals surface area contributed by atoms with E-state index >= 15 is 0 Å². The molecule has 9 heteroatoms. The standard InChI is InChI=1S/C30H60N2O7/c1-12-13-19(3)26(33)22(6)32(11)17-18(2)15-30(8,37)16-20(4)28(21(5)29(35)36)39-25-14-24(31(9)10)27(34)23(7)38-25/h18-28,33-34,37H,12-17H2,1-11H3,(H,35,36)/t18-,19+,20-,21-,22-,23?,24?,25?,26+,27?,28?,30?/m1/s1. The molecular weight excluding hydrogens is 500 g/mol. The first kappa shape index (κ1) is 36.2. The van der Waals surface area contributed by atoms with E-state index in [4.69, 9.17) is 9.47 Å². The first-order chi connectivity index (χ1) is 17.9. The fourth-order valence-corrected chi connectivity index (χ4v) is 6.42. The van der Waals surface area contributed by atoms with Crippen LogP contribution in [0.4, 0.5) is 0 Å². The van der Waals surface area contributed by atoms with Crippen LogP contribution in [0.2, 0.25) is 0 Å². The number of carboxylic acid groups (broad SMARTS) is 1. The summed E-state index contributed by atoms with van der Waals surface area (Å²) >= 11 is 0. The van der Waals surface area contributed by atoms with Crippen LogP contribution in [0.25, 0.3) is 0 Å². The van der Waals surface area contributed by atoms with Crippen LogP contribution in [0.3, 0.4) is 0 Å². The summed E-state index contributed by atoms with van der Waals surface area (Å²) < 4.78 is 12.2. The number of aliphatic hydroxyl groups is 3. The van der Waals surface area contributed by atoms with Gasteiger partial charge in [-0.1, -0.05) is 34.1 Å². The maximum Gasteiger partial charge on any atom is 0.308 e. The summed E-state index contributed by atoms with van der Waals surface area (Å²) in [6, 6.07) is -0.156. The number of aliphatic hydroxyl groups excluding tert-OH is 2. The third-order valence-corrected chi connectivity index (χ3v) is 8.76. The number of ether oxygens (including phenoxy) is 2. The molecule has 232 valence electrons. The molecule has 0 aromatic carbocycles. The van der Waals surface area contributed by atoms with Crippen molar-refractivity contribution < 1.29 is 34.7 Å². The molecule has 1 rings (SSSR count). The van der Waals surface area contributed by atoms with Gasteiger partial charge in [0.1, 0.15) is 0 Å². The fraction of sp³-hybridized carbons (Fsp3) is 0.967. The Balaban J connectivity index is 2.87. The van der Waals surface area contributed by atoms with Gasteiger partial charge in [-0.2, -0.15) is 0 Å². The van der Waals surface area contributed by atoms with Crippen LogP contribution in [-0.4, -0.2) is 112 Å². The Morgan fingerprint density at radius 2 is 1.69 bits per heavy atom. The van der Waals surface area contributed by atoms with Crippen molar-refractivity contribution in [3.63, 3.8) is 0 Å². The Hall–Kier alpha value is -0.810. The van der Waals surface area contributed by atoms with Gasteiger partial charge in [-0.3, -0.25) is 4.79 Å². The molecule has 1 aliphatic heterocycles. The summed E-state index contributed by atoms with van der Waals surface area (Å²) in [6.45, 7) is 16.3. The molecule has 1 saturated heterocycles. The van der Waals surface area contributed by atoms with Gasteiger partial charge in [0.25, 0.3) is 0 Å². The number of rotatable bonds is 17.